The van der Waals surface area contributed by atoms with Gasteiger partial charge in [-0.3, -0.25) is 0 Å². The van der Waals surface area contributed by atoms with Crippen molar-refractivity contribution >= 4 is 11.3 Å². The molecule has 0 aromatic carbocycles. The third-order valence-electron chi connectivity index (χ3n) is 2.03. The third-order valence-corrected chi connectivity index (χ3v) is 2.88. The molecule has 1 aromatic rings. The normalized spacial score (nSPS) is 13.0. The fourth-order valence-corrected chi connectivity index (χ4v) is 1.85. The van der Waals surface area contributed by atoms with Gasteiger partial charge in [0.1, 0.15) is 0 Å². The highest BCUT2D eigenvalue weighted by Crippen LogP contribution is 2.10. The Morgan fingerprint density at radius 3 is 3.07 bits per heavy atom. The van der Waals surface area contributed by atoms with E-state index in [9.17, 15) is 5.11 Å². The molecule has 0 aliphatic carbocycles. The minimum Gasteiger partial charge on any atom is -0.391 e. The smallest absolute Gasteiger partial charge is 0.0810 e. The number of thiophene rings is 1. The van der Waals surface area contributed by atoms with Crippen molar-refractivity contribution in [1.29, 1.82) is 0 Å². The Kier molecular flexibility index (Phi) is 5.83. The first-order chi connectivity index (χ1) is 6.83. The lowest BCUT2D eigenvalue weighted by atomic mass is 10.2. The quantitative estimate of drug-likeness (QED) is 0.756. The predicted molar refractivity (Wildman–Crippen MR) is 59.5 cm³/mol. The van der Waals surface area contributed by atoms with Crippen LogP contribution in [0.3, 0.4) is 0 Å². The van der Waals surface area contributed by atoms with Crippen molar-refractivity contribution < 1.29 is 9.84 Å². The molecule has 0 saturated carbocycles. The topological polar surface area (TPSA) is 29.5 Å². The maximum Gasteiger partial charge on any atom is 0.0810 e. The van der Waals surface area contributed by atoms with Gasteiger partial charge in [-0.25, -0.2) is 0 Å². The molecule has 0 saturated heterocycles. The monoisotopic (exact) mass is 214 g/mol. The van der Waals surface area contributed by atoms with Crippen LogP contribution in [-0.4, -0.2) is 17.8 Å². The number of hydrogen-bond acceptors (Lipinski definition) is 3. The van der Waals surface area contributed by atoms with Gasteiger partial charge in [-0.1, -0.05) is 25.8 Å². The van der Waals surface area contributed by atoms with Gasteiger partial charge in [0.25, 0.3) is 0 Å². The summed E-state index contributed by atoms with van der Waals surface area (Å²) in [4.78, 5) is 1.22. The van der Waals surface area contributed by atoms with E-state index >= 15 is 0 Å². The molecule has 3 heteroatoms. The van der Waals surface area contributed by atoms with Crippen LogP contribution in [0.1, 0.15) is 31.1 Å². The molecule has 0 radical (unpaired) electrons. The van der Waals surface area contributed by atoms with Gasteiger partial charge in [-0.15, -0.1) is 11.3 Å². The average Bonchev–Trinajstić information content (AvgIpc) is 2.67. The fraction of sp³-hybridized carbons (Fsp3) is 0.636. The first-order valence-electron chi connectivity index (χ1n) is 5.11. The van der Waals surface area contributed by atoms with Gasteiger partial charge in [0.15, 0.2) is 0 Å². The number of hydrogen-bond donors (Lipinski definition) is 1. The molecule has 1 unspecified atom stereocenters. The summed E-state index contributed by atoms with van der Waals surface area (Å²) in [6.07, 6.45) is 2.75. The van der Waals surface area contributed by atoms with E-state index in [1.807, 2.05) is 17.5 Å². The van der Waals surface area contributed by atoms with Gasteiger partial charge in [-0.05, 0) is 17.9 Å². The number of aliphatic hydroxyl groups is 1. The molecular formula is C11H18O2S. The number of rotatable bonds is 7. The molecular weight excluding hydrogens is 196 g/mol. The Balaban J connectivity index is 2.03. The summed E-state index contributed by atoms with van der Waals surface area (Å²) in [5.74, 6) is 0. The second kappa shape index (κ2) is 6.98. The standard InChI is InChI=1S/C11H18O2S/c1-2-3-5-10(12)8-13-9-11-6-4-7-14-11/h4,6-7,10,12H,2-3,5,8-9H2,1H3. The Morgan fingerprint density at radius 1 is 1.57 bits per heavy atom. The second-order valence-electron chi connectivity index (χ2n) is 3.39. The van der Waals surface area contributed by atoms with E-state index in [2.05, 4.69) is 6.92 Å². The zero-order valence-corrected chi connectivity index (χ0v) is 9.43. The first kappa shape index (κ1) is 11.7. The van der Waals surface area contributed by atoms with Crippen molar-refractivity contribution in [3.05, 3.63) is 22.4 Å². The highest BCUT2D eigenvalue weighted by Gasteiger charge is 2.03. The maximum absolute atomic E-state index is 9.49. The van der Waals surface area contributed by atoms with E-state index in [1.54, 1.807) is 11.3 Å². The van der Waals surface area contributed by atoms with Gasteiger partial charge < -0.3 is 9.84 Å². The van der Waals surface area contributed by atoms with Gasteiger partial charge in [-0.2, -0.15) is 0 Å². The van der Waals surface area contributed by atoms with Crippen LogP contribution < -0.4 is 0 Å². The molecule has 0 aliphatic rings. The van der Waals surface area contributed by atoms with E-state index in [1.165, 1.54) is 4.88 Å². The summed E-state index contributed by atoms with van der Waals surface area (Å²) in [5.41, 5.74) is 0. The summed E-state index contributed by atoms with van der Waals surface area (Å²) < 4.78 is 5.40. The van der Waals surface area contributed by atoms with Crippen molar-refractivity contribution in [3.63, 3.8) is 0 Å². The van der Waals surface area contributed by atoms with Crippen molar-refractivity contribution in [2.24, 2.45) is 0 Å². The second-order valence-corrected chi connectivity index (χ2v) is 4.42. The average molecular weight is 214 g/mol. The van der Waals surface area contributed by atoms with E-state index in [-0.39, 0.29) is 6.10 Å². The minimum atomic E-state index is -0.296. The molecule has 2 nitrogen and oxygen atoms in total. The summed E-state index contributed by atoms with van der Waals surface area (Å²) in [6, 6.07) is 4.06. The molecule has 0 aliphatic heterocycles. The SMILES string of the molecule is CCCCC(O)COCc1cccs1. The van der Waals surface area contributed by atoms with Crippen molar-refractivity contribution in [1.82, 2.24) is 0 Å². The lowest BCUT2D eigenvalue weighted by molar-refractivity contribution is 0.0245. The van der Waals surface area contributed by atoms with E-state index in [0.29, 0.717) is 13.2 Å². The van der Waals surface area contributed by atoms with Gasteiger partial charge in [0.2, 0.25) is 0 Å². The van der Waals surface area contributed by atoms with Crippen molar-refractivity contribution in [2.45, 2.75) is 38.9 Å². The van der Waals surface area contributed by atoms with Crippen LogP contribution in [0.2, 0.25) is 0 Å². The van der Waals surface area contributed by atoms with E-state index in [0.717, 1.165) is 19.3 Å². The molecule has 1 aromatic heterocycles. The number of ether oxygens (including phenoxy) is 1. The highest BCUT2D eigenvalue weighted by atomic mass is 32.1. The summed E-state index contributed by atoms with van der Waals surface area (Å²) in [5, 5.41) is 11.5. The maximum atomic E-state index is 9.49. The number of aliphatic hydroxyl groups excluding tert-OH is 1. The first-order valence-corrected chi connectivity index (χ1v) is 5.99. The summed E-state index contributed by atoms with van der Waals surface area (Å²) in [7, 11) is 0. The number of unbranched alkanes of at least 4 members (excludes halogenated alkanes) is 1. The third kappa shape index (κ3) is 4.74. The molecule has 0 bridgehead atoms. The minimum absolute atomic E-state index is 0.296. The Bertz CT molecular complexity index is 221. The largest absolute Gasteiger partial charge is 0.391 e. The molecule has 14 heavy (non-hydrogen) atoms. The molecule has 0 spiro atoms. The predicted octanol–water partition coefficient (Wildman–Crippen LogP) is 2.82. The molecule has 80 valence electrons. The Hall–Kier alpha value is -0.380. The zero-order valence-electron chi connectivity index (χ0n) is 8.61. The van der Waals surface area contributed by atoms with Gasteiger partial charge >= 0.3 is 0 Å². The molecule has 1 N–H and O–H groups in total. The van der Waals surface area contributed by atoms with Crippen LogP contribution in [0.25, 0.3) is 0 Å². The van der Waals surface area contributed by atoms with Crippen LogP contribution in [0.4, 0.5) is 0 Å². The molecule has 1 rings (SSSR count). The lowest BCUT2D eigenvalue weighted by Crippen LogP contribution is -2.14. The fourth-order valence-electron chi connectivity index (χ4n) is 1.21. The van der Waals surface area contributed by atoms with Gasteiger partial charge in [0.05, 0.1) is 19.3 Å². The Morgan fingerprint density at radius 2 is 2.43 bits per heavy atom. The van der Waals surface area contributed by atoms with Crippen LogP contribution in [0, 0.1) is 0 Å². The highest BCUT2D eigenvalue weighted by molar-refractivity contribution is 7.09. The van der Waals surface area contributed by atoms with Crippen LogP contribution in [-0.2, 0) is 11.3 Å². The molecule has 1 heterocycles. The van der Waals surface area contributed by atoms with Crippen LogP contribution in [0.15, 0.2) is 17.5 Å². The lowest BCUT2D eigenvalue weighted by Gasteiger charge is -2.09. The van der Waals surface area contributed by atoms with E-state index < -0.39 is 0 Å². The van der Waals surface area contributed by atoms with Gasteiger partial charge in [0, 0.05) is 4.88 Å². The van der Waals surface area contributed by atoms with E-state index in [4.69, 9.17) is 4.74 Å². The molecule has 0 amide bonds. The summed E-state index contributed by atoms with van der Waals surface area (Å²) >= 11 is 1.69. The zero-order chi connectivity index (χ0) is 10.2. The Labute approximate surface area is 89.5 Å². The molecule has 1 atom stereocenters. The van der Waals surface area contributed by atoms with Crippen LogP contribution >= 0.6 is 11.3 Å². The molecule has 0 fully saturated rings. The summed E-state index contributed by atoms with van der Waals surface area (Å²) in [6.45, 7) is 3.21. The van der Waals surface area contributed by atoms with Crippen LogP contribution in [0.5, 0.6) is 0 Å². The van der Waals surface area contributed by atoms with Crippen molar-refractivity contribution in [3.8, 4) is 0 Å². The van der Waals surface area contributed by atoms with Crippen molar-refractivity contribution in [2.75, 3.05) is 6.61 Å².